The summed E-state index contributed by atoms with van der Waals surface area (Å²) in [5, 5.41) is 2.98. The number of aryl methyl sites for hydroxylation is 3. The molecule has 0 saturated heterocycles. The Morgan fingerprint density at radius 3 is 1.97 bits per heavy atom. The standard InChI is InChI=1S/C27H39N3O4S/c1-8-22(6)28-27(32)25(9-2)29(17-23-12-10-19(3)11-13-23)26(31)18-30(35(7,33)34)24-15-20(4)14-21(5)16-24/h10-16,22,25H,8-9,17-18H2,1-7H3,(H,28,32)/t22-,25-/m0/s1. The second kappa shape index (κ2) is 12.2. The fourth-order valence-corrected chi connectivity index (χ4v) is 4.79. The van der Waals surface area contributed by atoms with E-state index in [-0.39, 0.29) is 25.0 Å². The molecule has 2 aromatic carbocycles. The van der Waals surface area contributed by atoms with Crippen LogP contribution in [0.2, 0.25) is 0 Å². The lowest BCUT2D eigenvalue weighted by Crippen LogP contribution is -2.53. The van der Waals surface area contributed by atoms with Crippen molar-refractivity contribution in [2.75, 3.05) is 17.1 Å². The van der Waals surface area contributed by atoms with Gasteiger partial charge in [0, 0.05) is 12.6 Å². The molecule has 7 nitrogen and oxygen atoms in total. The fraction of sp³-hybridized carbons (Fsp3) is 0.481. The highest BCUT2D eigenvalue weighted by molar-refractivity contribution is 7.92. The molecule has 0 saturated carbocycles. The molecular formula is C27H39N3O4S. The normalized spacial score (nSPS) is 13.1. The number of benzene rings is 2. The maximum Gasteiger partial charge on any atom is 0.244 e. The number of hydrogen-bond donors (Lipinski definition) is 1. The van der Waals surface area contributed by atoms with Crippen LogP contribution in [-0.2, 0) is 26.2 Å². The van der Waals surface area contributed by atoms with Crippen LogP contribution < -0.4 is 9.62 Å². The van der Waals surface area contributed by atoms with Crippen molar-refractivity contribution < 1.29 is 18.0 Å². The van der Waals surface area contributed by atoms with E-state index in [0.29, 0.717) is 12.1 Å². The summed E-state index contributed by atoms with van der Waals surface area (Å²) in [5.41, 5.74) is 4.20. The van der Waals surface area contributed by atoms with Gasteiger partial charge in [0.05, 0.1) is 11.9 Å². The molecule has 0 aromatic heterocycles. The zero-order valence-corrected chi connectivity index (χ0v) is 22.8. The summed E-state index contributed by atoms with van der Waals surface area (Å²) < 4.78 is 26.6. The molecule has 2 rings (SSSR count). The quantitative estimate of drug-likeness (QED) is 0.502. The van der Waals surface area contributed by atoms with Gasteiger partial charge in [-0.1, -0.05) is 49.7 Å². The van der Waals surface area contributed by atoms with E-state index in [4.69, 9.17) is 0 Å². The molecular weight excluding hydrogens is 462 g/mol. The molecule has 0 radical (unpaired) electrons. The van der Waals surface area contributed by atoms with E-state index in [1.807, 2.05) is 71.9 Å². The molecule has 2 aromatic rings. The van der Waals surface area contributed by atoms with Crippen molar-refractivity contribution >= 4 is 27.5 Å². The van der Waals surface area contributed by atoms with E-state index in [0.717, 1.165) is 39.2 Å². The minimum absolute atomic E-state index is 0.0318. The van der Waals surface area contributed by atoms with Gasteiger partial charge in [-0.3, -0.25) is 13.9 Å². The molecule has 0 bridgehead atoms. The Morgan fingerprint density at radius 2 is 1.49 bits per heavy atom. The first kappa shape index (κ1) is 28.4. The van der Waals surface area contributed by atoms with Crippen molar-refractivity contribution in [1.29, 1.82) is 0 Å². The van der Waals surface area contributed by atoms with Gasteiger partial charge in [0.2, 0.25) is 21.8 Å². The summed E-state index contributed by atoms with van der Waals surface area (Å²) >= 11 is 0. The number of hydrogen-bond acceptors (Lipinski definition) is 4. The number of amides is 2. The van der Waals surface area contributed by atoms with E-state index < -0.39 is 22.0 Å². The van der Waals surface area contributed by atoms with Crippen LogP contribution in [0.3, 0.4) is 0 Å². The van der Waals surface area contributed by atoms with Crippen LogP contribution in [0.25, 0.3) is 0 Å². The minimum Gasteiger partial charge on any atom is -0.352 e. The van der Waals surface area contributed by atoms with Gasteiger partial charge in [-0.2, -0.15) is 0 Å². The van der Waals surface area contributed by atoms with Crippen molar-refractivity contribution in [3.63, 3.8) is 0 Å². The number of sulfonamides is 1. The van der Waals surface area contributed by atoms with E-state index >= 15 is 0 Å². The van der Waals surface area contributed by atoms with Crippen molar-refractivity contribution in [2.45, 2.75) is 73.0 Å². The number of nitrogens with zero attached hydrogens (tertiary/aromatic N) is 2. The number of anilines is 1. The van der Waals surface area contributed by atoms with Crippen LogP contribution in [0.1, 0.15) is 55.9 Å². The van der Waals surface area contributed by atoms with Crippen LogP contribution in [0.4, 0.5) is 5.69 Å². The molecule has 0 unspecified atom stereocenters. The lowest BCUT2D eigenvalue weighted by Gasteiger charge is -2.33. The van der Waals surface area contributed by atoms with Gasteiger partial charge in [0.1, 0.15) is 12.6 Å². The molecule has 0 fully saturated rings. The van der Waals surface area contributed by atoms with Gasteiger partial charge in [0.15, 0.2) is 0 Å². The Bertz CT molecular complexity index is 1110. The third kappa shape index (κ3) is 8.09. The summed E-state index contributed by atoms with van der Waals surface area (Å²) in [4.78, 5) is 28.4. The maximum atomic E-state index is 13.7. The molecule has 0 heterocycles. The molecule has 1 N–H and O–H groups in total. The summed E-state index contributed by atoms with van der Waals surface area (Å²) in [7, 11) is -3.75. The highest BCUT2D eigenvalue weighted by Gasteiger charge is 2.32. The van der Waals surface area contributed by atoms with Crippen LogP contribution in [0.15, 0.2) is 42.5 Å². The number of carbonyl (C=O) groups is 2. The highest BCUT2D eigenvalue weighted by atomic mass is 32.2. The smallest absolute Gasteiger partial charge is 0.244 e. The lowest BCUT2D eigenvalue weighted by atomic mass is 10.1. The number of carbonyl (C=O) groups excluding carboxylic acids is 2. The predicted octanol–water partition coefficient (Wildman–Crippen LogP) is 4.10. The highest BCUT2D eigenvalue weighted by Crippen LogP contribution is 2.22. The Hall–Kier alpha value is -2.87. The Kier molecular flexibility index (Phi) is 9.89. The third-order valence-corrected chi connectivity index (χ3v) is 7.17. The minimum atomic E-state index is -3.75. The third-order valence-electron chi connectivity index (χ3n) is 6.03. The van der Waals surface area contributed by atoms with Crippen molar-refractivity contribution in [1.82, 2.24) is 10.2 Å². The molecule has 192 valence electrons. The average Bonchev–Trinajstić information content (AvgIpc) is 2.76. The molecule has 0 aliphatic carbocycles. The number of nitrogens with one attached hydrogen (secondary N) is 1. The van der Waals surface area contributed by atoms with Gasteiger partial charge in [-0.25, -0.2) is 8.42 Å². The maximum absolute atomic E-state index is 13.7. The molecule has 0 spiro atoms. The predicted molar refractivity (Wildman–Crippen MR) is 142 cm³/mol. The zero-order valence-electron chi connectivity index (χ0n) is 22.0. The lowest BCUT2D eigenvalue weighted by molar-refractivity contribution is -0.140. The van der Waals surface area contributed by atoms with Gasteiger partial charge < -0.3 is 10.2 Å². The Labute approximate surface area is 210 Å². The zero-order chi connectivity index (χ0) is 26.3. The molecule has 2 atom stereocenters. The molecule has 35 heavy (non-hydrogen) atoms. The first-order chi connectivity index (χ1) is 16.3. The fourth-order valence-electron chi connectivity index (χ4n) is 3.96. The topological polar surface area (TPSA) is 86.8 Å². The SMILES string of the molecule is CC[C@H](C)NC(=O)[C@H](CC)N(Cc1ccc(C)cc1)C(=O)CN(c1cc(C)cc(C)c1)S(C)(=O)=O. The van der Waals surface area contributed by atoms with Crippen LogP contribution in [-0.4, -0.2) is 50.0 Å². The second-order valence-electron chi connectivity index (χ2n) is 9.36. The summed E-state index contributed by atoms with van der Waals surface area (Å²) in [6.07, 6.45) is 2.26. The van der Waals surface area contributed by atoms with E-state index in [1.165, 1.54) is 4.90 Å². The first-order valence-corrected chi connectivity index (χ1v) is 13.9. The van der Waals surface area contributed by atoms with E-state index in [2.05, 4.69) is 5.32 Å². The monoisotopic (exact) mass is 501 g/mol. The van der Waals surface area contributed by atoms with E-state index in [9.17, 15) is 18.0 Å². The summed E-state index contributed by atoms with van der Waals surface area (Å²) in [5.74, 6) is -0.666. The van der Waals surface area contributed by atoms with Crippen LogP contribution in [0.5, 0.6) is 0 Å². The van der Waals surface area contributed by atoms with Gasteiger partial charge in [0.25, 0.3) is 0 Å². The van der Waals surface area contributed by atoms with Gasteiger partial charge in [-0.05, 0) is 69.4 Å². The number of rotatable bonds is 11. The van der Waals surface area contributed by atoms with Crippen LogP contribution >= 0.6 is 0 Å². The van der Waals surface area contributed by atoms with Gasteiger partial charge in [-0.15, -0.1) is 0 Å². The second-order valence-corrected chi connectivity index (χ2v) is 11.3. The van der Waals surface area contributed by atoms with Crippen molar-refractivity contribution in [3.05, 3.63) is 64.7 Å². The Morgan fingerprint density at radius 1 is 0.914 bits per heavy atom. The molecule has 0 aliphatic heterocycles. The molecule has 2 amide bonds. The van der Waals surface area contributed by atoms with E-state index in [1.54, 1.807) is 12.1 Å². The average molecular weight is 502 g/mol. The first-order valence-electron chi connectivity index (χ1n) is 12.1. The van der Waals surface area contributed by atoms with Crippen LogP contribution in [0, 0.1) is 20.8 Å². The molecule has 8 heteroatoms. The summed E-state index contributed by atoms with van der Waals surface area (Å²) in [6.45, 7) is 11.3. The van der Waals surface area contributed by atoms with Gasteiger partial charge >= 0.3 is 0 Å². The molecule has 0 aliphatic rings. The summed E-state index contributed by atoms with van der Waals surface area (Å²) in [6, 6.07) is 12.4. The van der Waals surface area contributed by atoms with Crippen molar-refractivity contribution in [3.8, 4) is 0 Å². The van der Waals surface area contributed by atoms with Crippen molar-refractivity contribution in [2.24, 2.45) is 0 Å². The largest absolute Gasteiger partial charge is 0.352 e. The Balaban J connectivity index is 2.46.